The number of hydrogen-bond donors (Lipinski definition) is 2. The minimum atomic E-state index is -0.721. The molecule has 5 heteroatoms. The van der Waals surface area contributed by atoms with Crippen molar-refractivity contribution in [1.82, 2.24) is 10.2 Å². The van der Waals surface area contributed by atoms with Gasteiger partial charge in [-0.3, -0.25) is 4.90 Å². The van der Waals surface area contributed by atoms with Crippen LogP contribution in [0.3, 0.4) is 0 Å². The summed E-state index contributed by atoms with van der Waals surface area (Å²) in [7, 11) is 0. The molecule has 0 amide bonds. The molecule has 3 nitrogen and oxygen atoms in total. The summed E-state index contributed by atoms with van der Waals surface area (Å²) in [6, 6.07) is 1.78. The first-order chi connectivity index (χ1) is 10.7. The molecule has 1 aliphatic heterocycles. The Morgan fingerprint density at radius 3 is 2.41 bits per heavy atom. The molecular formula is C17H24F2N2O. The van der Waals surface area contributed by atoms with Crippen LogP contribution < -0.4 is 5.32 Å². The molecule has 0 aromatic heterocycles. The van der Waals surface area contributed by atoms with Gasteiger partial charge in [0, 0.05) is 49.9 Å². The van der Waals surface area contributed by atoms with Crippen LogP contribution in [0.25, 0.3) is 0 Å². The highest BCUT2D eigenvalue weighted by atomic mass is 19.1. The number of rotatable bonds is 3. The molecule has 2 N–H and O–H groups in total. The lowest BCUT2D eigenvalue weighted by Gasteiger charge is -2.41. The van der Waals surface area contributed by atoms with Crippen molar-refractivity contribution in [3.05, 3.63) is 29.3 Å². The van der Waals surface area contributed by atoms with Crippen LogP contribution in [-0.2, 0) is 0 Å². The predicted octanol–water partition coefficient (Wildman–Crippen LogP) is 3.20. The number of nitrogens with zero attached hydrogens (tertiary/aromatic N) is 1. The fourth-order valence-electron chi connectivity index (χ4n) is 3.99. The Hall–Kier alpha value is -1.20. The van der Waals surface area contributed by atoms with Crippen LogP contribution >= 0.6 is 0 Å². The SMILES string of the molecule is Oc1cc(F)cc(F)c1[C@@H](C1CCCCC1)N1CCNCC1. The van der Waals surface area contributed by atoms with Crippen molar-refractivity contribution in [1.29, 1.82) is 0 Å². The zero-order chi connectivity index (χ0) is 15.5. The third kappa shape index (κ3) is 3.25. The van der Waals surface area contributed by atoms with Gasteiger partial charge in [0.1, 0.15) is 17.4 Å². The third-order valence-electron chi connectivity index (χ3n) is 5.01. The molecule has 1 aliphatic carbocycles. The molecule has 1 heterocycles. The zero-order valence-electron chi connectivity index (χ0n) is 12.8. The summed E-state index contributed by atoms with van der Waals surface area (Å²) in [5, 5.41) is 13.5. The molecule has 1 saturated carbocycles. The number of hydrogen-bond acceptors (Lipinski definition) is 3. The molecule has 3 rings (SSSR count). The summed E-state index contributed by atoms with van der Waals surface area (Å²) >= 11 is 0. The summed E-state index contributed by atoms with van der Waals surface area (Å²) in [6.45, 7) is 3.40. The van der Waals surface area contributed by atoms with Crippen molar-refractivity contribution in [2.24, 2.45) is 5.92 Å². The van der Waals surface area contributed by atoms with E-state index in [1.807, 2.05) is 0 Å². The first-order valence-electron chi connectivity index (χ1n) is 8.29. The third-order valence-corrected chi connectivity index (χ3v) is 5.01. The van der Waals surface area contributed by atoms with E-state index in [0.29, 0.717) is 5.92 Å². The van der Waals surface area contributed by atoms with Crippen LogP contribution in [0.15, 0.2) is 12.1 Å². The molecule has 1 saturated heterocycles. The number of piperazine rings is 1. The summed E-state index contributed by atoms with van der Waals surface area (Å²) in [4.78, 5) is 2.25. The minimum Gasteiger partial charge on any atom is -0.507 e. The molecule has 0 spiro atoms. The Morgan fingerprint density at radius 1 is 1.09 bits per heavy atom. The summed E-state index contributed by atoms with van der Waals surface area (Å²) in [5.74, 6) is -1.25. The number of benzene rings is 1. The Kier molecular flexibility index (Phi) is 4.93. The molecule has 0 bridgehead atoms. The Labute approximate surface area is 130 Å². The average Bonchev–Trinajstić information content (AvgIpc) is 2.52. The van der Waals surface area contributed by atoms with Crippen LogP contribution in [0.2, 0.25) is 0 Å². The normalized spacial score (nSPS) is 22.6. The van der Waals surface area contributed by atoms with E-state index in [9.17, 15) is 13.9 Å². The molecule has 122 valence electrons. The largest absolute Gasteiger partial charge is 0.507 e. The van der Waals surface area contributed by atoms with Gasteiger partial charge in [0.15, 0.2) is 0 Å². The van der Waals surface area contributed by atoms with Crippen LogP contribution in [0.5, 0.6) is 5.75 Å². The fourth-order valence-corrected chi connectivity index (χ4v) is 3.99. The molecule has 1 atom stereocenters. The lowest BCUT2D eigenvalue weighted by molar-refractivity contribution is 0.0983. The van der Waals surface area contributed by atoms with E-state index in [-0.39, 0.29) is 17.4 Å². The van der Waals surface area contributed by atoms with Crippen molar-refractivity contribution in [3.63, 3.8) is 0 Å². The molecule has 0 unspecified atom stereocenters. The van der Waals surface area contributed by atoms with E-state index in [2.05, 4.69) is 10.2 Å². The highest BCUT2D eigenvalue weighted by Gasteiger charge is 2.34. The highest BCUT2D eigenvalue weighted by Crippen LogP contribution is 2.42. The van der Waals surface area contributed by atoms with Crippen molar-refractivity contribution in [2.45, 2.75) is 38.1 Å². The van der Waals surface area contributed by atoms with Crippen molar-refractivity contribution in [2.75, 3.05) is 26.2 Å². The number of nitrogens with one attached hydrogen (secondary N) is 1. The van der Waals surface area contributed by atoms with Crippen molar-refractivity contribution < 1.29 is 13.9 Å². The van der Waals surface area contributed by atoms with Crippen LogP contribution in [0.1, 0.15) is 43.7 Å². The number of aromatic hydroxyl groups is 1. The summed E-state index contributed by atoms with van der Waals surface area (Å²) < 4.78 is 27.8. The van der Waals surface area contributed by atoms with Crippen LogP contribution in [0, 0.1) is 17.6 Å². The van der Waals surface area contributed by atoms with Gasteiger partial charge < -0.3 is 10.4 Å². The topological polar surface area (TPSA) is 35.5 Å². The Balaban J connectivity index is 1.96. The molecule has 1 aromatic carbocycles. The van der Waals surface area contributed by atoms with E-state index in [4.69, 9.17) is 0 Å². The average molecular weight is 310 g/mol. The van der Waals surface area contributed by atoms with Gasteiger partial charge >= 0.3 is 0 Å². The van der Waals surface area contributed by atoms with E-state index in [1.54, 1.807) is 0 Å². The quantitative estimate of drug-likeness (QED) is 0.900. The molecular weight excluding hydrogens is 286 g/mol. The maximum atomic E-state index is 14.4. The zero-order valence-corrected chi connectivity index (χ0v) is 12.8. The van der Waals surface area contributed by atoms with Crippen LogP contribution in [0.4, 0.5) is 8.78 Å². The van der Waals surface area contributed by atoms with Gasteiger partial charge in [0.25, 0.3) is 0 Å². The standard InChI is InChI=1S/C17H24F2N2O/c18-13-10-14(19)16(15(22)11-13)17(12-4-2-1-3-5-12)21-8-6-20-7-9-21/h10-12,17,20,22H,1-9H2/t17-/m1/s1. The lowest BCUT2D eigenvalue weighted by Crippen LogP contribution is -2.47. The van der Waals surface area contributed by atoms with Crippen molar-refractivity contribution in [3.8, 4) is 5.75 Å². The number of halogens is 2. The second kappa shape index (κ2) is 6.92. The second-order valence-electron chi connectivity index (χ2n) is 6.45. The van der Waals surface area contributed by atoms with Gasteiger partial charge in [-0.1, -0.05) is 19.3 Å². The predicted molar refractivity (Wildman–Crippen MR) is 81.8 cm³/mol. The Morgan fingerprint density at radius 2 is 1.77 bits per heavy atom. The Bertz CT molecular complexity index is 470. The van der Waals surface area contributed by atoms with E-state index < -0.39 is 11.6 Å². The van der Waals surface area contributed by atoms with Gasteiger partial charge in [0.2, 0.25) is 0 Å². The van der Waals surface area contributed by atoms with E-state index >= 15 is 0 Å². The molecule has 1 aromatic rings. The van der Waals surface area contributed by atoms with Gasteiger partial charge in [0.05, 0.1) is 0 Å². The van der Waals surface area contributed by atoms with Crippen molar-refractivity contribution >= 4 is 0 Å². The van der Waals surface area contributed by atoms with Crippen LogP contribution in [-0.4, -0.2) is 36.2 Å². The highest BCUT2D eigenvalue weighted by molar-refractivity contribution is 5.37. The maximum Gasteiger partial charge on any atom is 0.134 e. The number of phenolic OH excluding ortho intramolecular Hbond substituents is 1. The molecule has 2 fully saturated rings. The van der Waals surface area contributed by atoms with Gasteiger partial charge in [-0.15, -0.1) is 0 Å². The smallest absolute Gasteiger partial charge is 0.134 e. The van der Waals surface area contributed by atoms with Gasteiger partial charge in [-0.2, -0.15) is 0 Å². The lowest BCUT2D eigenvalue weighted by atomic mass is 9.79. The fraction of sp³-hybridized carbons (Fsp3) is 0.647. The minimum absolute atomic E-state index is 0.150. The molecule has 2 aliphatic rings. The van der Waals surface area contributed by atoms with E-state index in [1.165, 1.54) is 6.42 Å². The molecule has 22 heavy (non-hydrogen) atoms. The molecule has 0 radical (unpaired) electrons. The second-order valence-corrected chi connectivity index (χ2v) is 6.45. The maximum absolute atomic E-state index is 14.4. The summed E-state index contributed by atoms with van der Waals surface area (Å²) in [6.07, 6.45) is 5.62. The van der Waals surface area contributed by atoms with Gasteiger partial charge in [-0.05, 0) is 18.8 Å². The monoisotopic (exact) mass is 310 g/mol. The van der Waals surface area contributed by atoms with Gasteiger partial charge in [-0.25, -0.2) is 8.78 Å². The summed E-state index contributed by atoms with van der Waals surface area (Å²) in [5.41, 5.74) is 0.287. The number of phenols is 1. The first kappa shape index (κ1) is 15.7. The van der Waals surface area contributed by atoms with E-state index in [0.717, 1.165) is 64.0 Å². The first-order valence-corrected chi connectivity index (χ1v) is 8.29.